The number of para-hydroxylation sites is 1. The molecule has 48 heavy (non-hydrogen) atoms. The van der Waals surface area contributed by atoms with Crippen LogP contribution in [-0.4, -0.2) is 21.1 Å². The fourth-order valence-corrected chi connectivity index (χ4v) is 7.23. The molecule has 0 fully saturated rings. The van der Waals surface area contributed by atoms with Gasteiger partial charge < -0.3 is 9.15 Å². The number of furan rings is 1. The van der Waals surface area contributed by atoms with E-state index in [4.69, 9.17) is 24.1 Å². The molecule has 0 radical (unpaired) electrons. The van der Waals surface area contributed by atoms with E-state index in [1.165, 1.54) is 5.39 Å². The Bertz CT molecular complexity index is 2620. The Labute approximate surface area is 276 Å². The molecule has 0 spiro atoms. The van der Waals surface area contributed by atoms with Crippen molar-refractivity contribution < 1.29 is 9.15 Å². The second-order valence-corrected chi connectivity index (χ2v) is 12.3. The monoisotopic (exact) mass is 617 g/mol. The van der Waals surface area contributed by atoms with Crippen LogP contribution in [0.5, 0.6) is 5.75 Å². The van der Waals surface area contributed by atoms with Crippen molar-refractivity contribution in [2.75, 3.05) is 0 Å². The van der Waals surface area contributed by atoms with E-state index in [0.717, 1.165) is 66.5 Å². The third kappa shape index (κ3) is 4.28. The van der Waals surface area contributed by atoms with Gasteiger partial charge in [0, 0.05) is 33.0 Å². The molecular formula is C43H27N3O2. The fourth-order valence-electron chi connectivity index (χ4n) is 7.23. The molecular weight excluding hydrogens is 590 g/mol. The Hall–Kier alpha value is -6.33. The lowest BCUT2D eigenvalue weighted by Gasteiger charge is -2.22. The molecule has 0 bridgehead atoms. The van der Waals surface area contributed by atoms with E-state index in [2.05, 4.69) is 103 Å². The molecule has 0 N–H and O–H groups in total. The van der Waals surface area contributed by atoms with Gasteiger partial charge in [0.15, 0.2) is 17.5 Å². The van der Waals surface area contributed by atoms with Gasteiger partial charge in [-0.1, -0.05) is 115 Å². The first-order valence-corrected chi connectivity index (χ1v) is 16.2. The van der Waals surface area contributed by atoms with Crippen LogP contribution >= 0.6 is 0 Å². The molecule has 0 saturated carbocycles. The number of benzene rings is 6. The average Bonchev–Trinajstić information content (AvgIpc) is 3.73. The summed E-state index contributed by atoms with van der Waals surface area (Å²) in [4.78, 5) is 15.3. The maximum Gasteiger partial charge on any atom is 0.164 e. The van der Waals surface area contributed by atoms with E-state index in [1.54, 1.807) is 0 Å². The predicted octanol–water partition coefficient (Wildman–Crippen LogP) is 10.4. The first-order valence-electron chi connectivity index (χ1n) is 16.2. The van der Waals surface area contributed by atoms with Gasteiger partial charge in [-0.05, 0) is 58.3 Å². The Morgan fingerprint density at radius 2 is 1.29 bits per heavy atom. The van der Waals surface area contributed by atoms with Crippen molar-refractivity contribution >= 4 is 38.3 Å². The molecule has 3 heterocycles. The van der Waals surface area contributed by atoms with Gasteiger partial charge in [0.1, 0.15) is 23.0 Å². The van der Waals surface area contributed by atoms with Gasteiger partial charge in [-0.25, -0.2) is 15.0 Å². The van der Waals surface area contributed by atoms with Crippen molar-refractivity contribution in [3.63, 3.8) is 0 Å². The van der Waals surface area contributed by atoms with E-state index in [1.807, 2.05) is 48.5 Å². The molecule has 2 atom stereocenters. The lowest BCUT2D eigenvalue weighted by molar-refractivity contribution is 0.271. The highest BCUT2D eigenvalue weighted by Gasteiger charge is 2.39. The Balaban J connectivity index is 1.12. The van der Waals surface area contributed by atoms with Gasteiger partial charge >= 0.3 is 0 Å². The maximum atomic E-state index is 6.56. The first-order chi connectivity index (χ1) is 23.8. The molecule has 0 amide bonds. The van der Waals surface area contributed by atoms with Crippen molar-refractivity contribution in [1.82, 2.24) is 15.0 Å². The number of fused-ring (bicyclic) bond motifs is 7. The highest BCUT2D eigenvalue weighted by molar-refractivity contribution is 6.12. The largest absolute Gasteiger partial charge is 0.485 e. The van der Waals surface area contributed by atoms with Crippen molar-refractivity contribution in [2.45, 2.75) is 12.0 Å². The molecule has 0 saturated heterocycles. The van der Waals surface area contributed by atoms with Crippen LogP contribution in [0.25, 0.3) is 72.2 Å². The molecule has 2 aliphatic rings. The van der Waals surface area contributed by atoms with Crippen LogP contribution in [0.4, 0.5) is 0 Å². The molecule has 6 aromatic carbocycles. The zero-order valence-electron chi connectivity index (χ0n) is 25.7. The first kappa shape index (κ1) is 26.8. The second-order valence-electron chi connectivity index (χ2n) is 12.3. The third-order valence-corrected chi connectivity index (χ3v) is 9.49. The SMILES string of the molecule is C1=CC2Oc3ccc(-c4cccc5oc6ccccc6c45)cc3C2C(c2nc(-c3ccccc3)nc(-c3ccc4ccccc4c3)n2)=C1. The zero-order chi connectivity index (χ0) is 31.6. The van der Waals surface area contributed by atoms with Gasteiger partial charge in [-0.3, -0.25) is 0 Å². The fraction of sp³-hybridized carbons (Fsp3) is 0.0465. The van der Waals surface area contributed by atoms with Gasteiger partial charge in [-0.2, -0.15) is 0 Å². The zero-order valence-corrected chi connectivity index (χ0v) is 25.7. The van der Waals surface area contributed by atoms with Crippen LogP contribution in [-0.2, 0) is 0 Å². The predicted molar refractivity (Wildman–Crippen MR) is 192 cm³/mol. The molecule has 10 rings (SSSR count). The molecule has 5 nitrogen and oxygen atoms in total. The lowest BCUT2D eigenvalue weighted by atomic mass is 9.83. The van der Waals surface area contributed by atoms with Crippen molar-refractivity contribution in [3.05, 3.63) is 163 Å². The number of nitrogens with zero attached hydrogens (tertiary/aromatic N) is 3. The Morgan fingerprint density at radius 1 is 0.542 bits per heavy atom. The number of rotatable bonds is 4. The van der Waals surface area contributed by atoms with E-state index in [-0.39, 0.29) is 12.0 Å². The summed E-state index contributed by atoms with van der Waals surface area (Å²) in [5, 5.41) is 4.55. The number of allylic oxidation sites excluding steroid dienone is 2. The maximum absolute atomic E-state index is 6.56. The molecule has 2 unspecified atom stereocenters. The number of hydrogen-bond donors (Lipinski definition) is 0. The number of ether oxygens (including phenoxy) is 1. The van der Waals surface area contributed by atoms with Crippen LogP contribution < -0.4 is 4.74 Å². The Morgan fingerprint density at radius 3 is 2.21 bits per heavy atom. The third-order valence-electron chi connectivity index (χ3n) is 9.49. The second kappa shape index (κ2) is 10.6. The summed E-state index contributed by atoms with van der Waals surface area (Å²) in [6.45, 7) is 0. The molecule has 1 aliphatic heterocycles. The van der Waals surface area contributed by atoms with E-state index in [9.17, 15) is 0 Å². The number of aromatic nitrogens is 3. The van der Waals surface area contributed by atoms with Crippen LogP contribution in [0.3, 0.4) is 0 Å². The van der Waals surface area contributed by atoms with Crippen LogP contribution in [0.1, 0.15) is 17.3 Å². The normalized spacial score (nSPS) is 16.5. The number of hydrogen-bond acceptors (Lipinski definition) is 5. The quantitative estimate of drug-likeness (QED) is 0.197. The summed E-state index contributed by atoms with van der Waals surface area (Å²) < 4.78 is 12.8. The molecule has 8 aromatic rings. The highest BCUT2D eigenvalue weighted by atomic mass is 16.5. The van der Waals surface area contributed by atoms with Crippen molar-refractivity contribution in [2.24, 2.45) is 0 Å². The molecule has 1 aliphatic carbocycles. The summed E-state index contributed by atoms with van der Waals surface area (Å²) in [7, 11) is 0. The standard InChI is InChI=1S/C43H27N3O2/c1-2-11-27(12-3-1)41-44-42(30-21-20-26-10-4-5-13-28(26)24-30)46-43(45-41)33-16-9-19-38-40(33)34-25-29(22-23-36(34)48-38)31-15-8-18-37-39(31)32-14-6-7-17-35(32)47-37/h1-25,38,40H. The van der Waals surface area contributed by atoms with E-state index in [0.29, 0.717) is 17.5 Å². The van der Waals surface area contributed by atoms with Crippen LogP contribution in [0.2, 0.25) is 0 Å². The van der Waals surface area contributed by atoms with E-state index >= 15 is 0 Å². The van der Waals surface area contributed by atoms with Crippen LogP contribution in [0, 0.1) is 0 Å². The van der Waals surface area contributed by atoms with Gasteiger partial charge in [0.25, 0.3) is 0 Å². The van der Waals surface area contributed by atoms with Crippen molar-refractivity contribution in [1.29, 1.82) is 0 Å². The lowest BCUT2D eigenvalue weighted by Crippen LogP contribution is -2.20. The topological polar surface area (TPSA) is 61.0 Å². The van der Waals surface area contributed by atoms with Gasteiger partial charge in [0.05, 0.1) is 5.92 Å². The summed E-state index contributed by atoms with van der Waals surface area (Å²) in [6, 6.07) is 45.9. The van der Waals surface area contributed by atoms with Crippen LogP contribution in [0.15, 0.2) is 156 Å². The summed E-state index contributed by atoms with van der Waals surface area (Å²) in [5.74, 6) is 2.73. The molecule has 2 aromatic heterocycles. The van der Waals surface area contributed by atoms with Gasteiger partial charge in [0.2, 0.25) is 0 Å². The highest BCUT2D eigenvalue weighted by Crippen LogP contribution is 2.49. The molecule has 5 heteroatoms. The summed E-state index contributed by atoms with van der Waals surface area (Å²) >= 11 is 0. The van der Waals surface area contributed by atoms with Gasteiger partial charge in [-0.15, -0.1) is 0 Å². The van der Waals surface area contributed by atoms with E-state index < -0.39 is 0 Å². The Kier molecular flexibility index (Phi) is 5.93. The minimum Gasteiger partial charge on any atom is -0.485 e. The average molecular weight is 618 g/mol. The smallest absolute Gasteiger partial charge is 0.164 e. The van der Waals surface area contributed by atoms with Crippen molar-refractivity contribution in [3.8, 4) is 39.7 Å². The molecule has 226 valence electrons. The minimum atomic E-state index is -0.165. The minimum absolute atomic E-state index is 0.0827. The summed E-state index contributed by atoms with van der Waals surface area (Å²) in [5.41, 5.74) is 8.02. The summed E-state index contributed by atoms with van der Waals surface area (Å²) in [6.07, 6.45) is 6.15.